The molecule has 2 aliphatic rings. The van der Waals surface area contributed by atoms with Gasteiger partial charge in [0.2, 0.25) is 0 Å². The molecule has 2 unspecified atom stereocenters. The van der Waals surface area contributed by atoms with Crippen molar-refractivity contribution >= 4 is 15.9 Å². The fourth-order valence-electron chi connectivity index (χ4n) is 3.92. The van der Waals surface area contributed by atoms with Crippen LogP contribution >= 0.6 is 0 Å². The number of hydrogen-bond donors (Lipinski definition) is 1. The SMILES string of the molecule is Cc1ccc(C2(CNC(=O)N3CC(C)S(=O)(=O)C(C)C3)CC2)c(C)c1. The van der Waals surface area contributed by atoms with E-state index in [1.807, 2.05) is 0 Å². The number of nitrogens with one attached hydrogen (secondary N) is 1. The smallest absolute Gasteiger partial charge is 0.317 e. The Labute approximate surface area is 150 Å². The third-order valence-electron chi connectivity index (χ3n) is 5.75. The van der Waals surface area contributed by atoms with Crippen LogP contribution in [0.5, 0.6) is 0 Å². The zero-order valence-corrected chi connectivity index (χ0v) is 16.3. The molecule has 1 aromatic rings. The molecule has 25 heavy (non-hydrogen) atoms. The van der Waals surface area contributed by atoms with Gasteiger partial charge in [-0.2, -0.15) is 0 Å². The molecule has 6 heteroatoms. The number of urea groups is 1. The van der Waals surface area contributed by atoms with Crippen LogP contribution in [0.2, 0.25) is 0 Å². The number of amides is 2. The summed E-state index contributed by atoms with van der Waals surface area (Å²) in [6.07, 6.45) is 2.16. The first-order valence-corrected chi connectivity index (χ1v) is 10.6. The van der Waals surface area contributed by atoms with Crippen LogP contribution in [0.15, 0.2) is 18.2 Å². The molecule has 0 radical (unpaired) electrons. The van der Waals surface area contributed by atoms with Crippen LogP contribution in [0.25, 0.3) is 0 Å². The summed E-state index contributed by atoms with van der Waals surface area (Å²) < 4.78 is 24.2. The number of rotatable bonds is 3. The molecule has 138 valence electrons. The van der Waals surface area contributed by atoms with Crippen LogP contribution in [0, 0.1) is 13.8 Å². The maximum absolute atomic E-state index is 12.6. The largest absolute Gasteiger partial charge is 0.337 e. The molecule has 2 amide bonds. The number of sulfone groups is 1. The third kappa shape index (κ3) is 3.41. The second kappa shape index (κ2) is 6.31. The Hall–Kier alpha value is -1.56. The molecule has 0 bridgehead atoms. The molecule has 0 spiro atoms. The zero-order valence-electron chi connectivity index (χ0n) is 15.5. The van der Waals surface area contributed by atoms with E-state index in [4.69, 9.17) is 0 Å². The number of aryl methyl sites for hydroxylation is 2. The Kier molecular flexibility index (Phi) is 4.60. The maximum Gasteiger partial charge on any atom is 0.317 e. The quantitative estimate of drug-likeness (QED) is 0.896. The van der Waals surface area contributed by atoms with Crippen molar-refractivity contribution in [3.63, 3.8) is 0 Å². The van der Waals surface area contributed by atoms with E-state index in [2.05, 4.69) is 37.4 Å². The van der Waals surface area contributed by atoms with Crippen molar-refractivity contribution in [1.29, 1.82) is 0 Å². The van der Waals surface area contributed by atoms with Gasteiger partial charge < -0.3 is 10.2 Å². The highest BCUT2D eigenvalue weighted by Crippen LogP contribution is 2.48. The van der Waals surface area contributed by atoms with E-state index in [1.54, 1.807) is 18.7 Å². The average molecular weight is 365 g/mol. The van der Waals surface area contributed by atoms with Crippen LogP contribution in [0.1, 0.15) is 43.4 Å². The summed E-state index contributed by atoms with van der Waals surface area (Å²) in [7, 11) is -3.11. The number of nitrogens with zero attached hydrogens (tertiary/aromatic N) is 1. The van der Waals surface area contributed by atoms with Gasteiger partial charge in [0.25, 0.3) is 0 Å². The summed E-state index contributed by atoms with van der Waals surface area (Å²) >= 11 is 0. The Bertz CT molecular complexity index is 766. The van der Waals surface area contributed by atoms with Crippen molar-refractivity contribution < 1.29 is 13.2 Å². The number of carbonyl (C=O) groups is 1. The molecule has 1 heterocycles. The molecule has 1 saturated heterocycles. The maximum atomic E-state index is 12.6. The van der Waals surface area contributed by atoms with Gasteiger partial charge in [0.1, 0.15) is 0 Å². The fraction of sp³-hybridized carbons (Fsp3) is 0.632. The van der Waals surface area contributed by atoms with Gasteiger partial charge in [0.05, 0.1) is 10.5 Å². The molecule has 3 rings (SSSR count). The van der Waals surface area contributed by atoms with Gasteiger partial charge in [-0.05, 0) is 51.7 Å². The van der Waals surface area contributed by atoms with Crippen molar-refractivity contribution in [2.45, 2.75) is 56.5 Å². The summed E-state index contributed by atoms with van der Waals surface area (Å²) in [5.74, 6) is 0. The van der Waals surface area contributed by atoms with E-state index in [1.165, 1.54) is 16.7 Å². The van der Waals surface area contributed by atoms with Gasteiger partial charge in [0, 0.05) is 25.0 Å². The Morgan fingerprint density at radius 1 is 1.20 bits per heavy atom. The van der Waals surface area contributed by atoms with Crippen LogP contribution < -0.4 is 5.32 Å². The number of hydrogen-bond acceptors (Lipinski definition) is 3. The minimum Gasteiger partial charge on any atom is -0.337 e. The fourth-order valence-corrected chi connectivity index (χ4v) is 5.49. The Morgan fingerprint density at radius 3 is 2.32 bits per heavy atom. The van der Waals surface area contributed by atoms with Gasteiger partial charge in [-0.25, -0.2) is 13.2 Å². The minimum absolute atomic E-state index is 0.0482. The van der Waals surface area contributed by atoms with Gasteiger partial charge in [0.15, 0.2) is 9.84 Å². The molecule has 1 aromatic carbocycles. The summed E-state index contributed by atoms with van der Waals surface area (Å²) in [5.41, 5.74) is 3.89. The Morgan fingerprint density at radius 2 is 1.80 bits per heavy atom. The summed E-state index contributed by atoms with van der Waals surface area (Å²) in [6, 6.07) is 6.35. The van der Waals surface area contributed by atoms with E-state index in [9.17, 15) is 13.2 Å². The molecule has 1 saturated carbocycles. The topological polar surface area (TPSA) is 66.5 Å². The summed E-state index contributed by atoms with van der Waals surface area (Å²) in [5, 5.41) is 2.05. The van der Waals surface area contributed by atoms with Crippen molar-refractivity contribution in [3.05, 3.63) is 34.9 Å². The lowest BCUT2D eigenvalue weighted by Crippen LogP contribution is -2.55. The molecular weight excluding hydrogens is 336 g/mol. The van der Waals surface area contributed by atoms with Crippen molar-refractivity contribution in [2.75, 3.05) is 19.6 Å². The average Bonchev–Trinajstić information content (AvgIpc) is 3.31. The van der Waals surface area contributed by atoms with Gasteiger partial charge in [-0.15, -0.1) is 0 Å². The first kappa shape index (κ1) is 18.2. The first-order chi connectivity index (χ1) is 11.7. The second-order valence-electron chi connectivity index (χ2n) is 7.87. The highest BCUT2D eigenvalue weighted by molar-refractivity contribution is 7.92. The van der Waals surface area contributed by atoms with E-state index in [-0.39, 0.29) is 24.5 Å². The molecule has 1 aliphatic heterocycles. The molecule has 1 aliphatic carbocycles. The van der Waals surface area contributed by atoms with Crippen LogP contribution in [-0.4, -0.2) is 49.5 Å². The first-order valence-electron chi connectivity index (χ1n) is 8.99. The van der Waals surface area contributed by atoms with E-state index in [0.29, 0.717) is 6.54 Å². The third-order valence-corrected chi connectivity index (χ3v) is 8.29. The molecule has 0 aromatic heterocycles. The minimum atomic E-state index is -3.11. The molecule has 5 nitrogen and oxygen atoms in total. The molecule has 2 atom stereocenters. The van der Waals surface area contributed by atoms with E-state index >= 15 is 0 Å². The van der Waals surface area contributed by atoms with Crippen molar-refractivity contribution in [2.24, 2.45) is 0 Å². The van der Waals surface area contributed by atoms with Crippen LogP contribution in [-0.2, 0) is 15.3 Å². The van der Waals surface area contributed by atoms with Crippen LogP contribution in [0.3, 0.4) is 0 Å². The zero-order chi connectivity index (χ0) is 18.4. The lowest BCUT2D eigenvalue weighted by Gasteiger charge is -2.35. The monoisotopic (exact) mass is 364 g/mol. The van der Waals surface area contributed by atoms with Crippen molar-refractivity contribution in [1.82, 2.24) is 10.2 Å². The second-order valence-corrected chi connectivity index (χ2v) is 10.7. The van der Waals surface area contributed by atoms with Crippen LogP contribution in [0.4, 0.5) is 4.79 Å². The standard InChI is InChI=1S/C19H28N2O3S/c1-13-5-6-17(14(2)9-13)19(7-8-19)12-20-18(22)21-10-15(3)25(23,24)16(4)11-21/h5-6,9,15-16H,7-8,10-12H2,1-4H3,(H,20,22). The predicted molar refractivity (Wildman–Crippen MR) is 99.6 cm³/mol. The van der Waals surface area contributed by atoms with E-state index < -0.39 is 20.3 Å². The predicted octanol–water partition coefficient (Wildman–Crippen LogP) is 2.55. The van der Waals surface area contributed by atoms with Gasteiger partial charge >= 0.3 is 6.03 Å². The van der Waals surface area contributed by atoms with Gasteiger partial charge in [-0.3, -0.25) is 0 Å². The molecule has 1 N–H and O–H groups in total. The summed E-state index contributed by atoms with van der Waals surface area (Å²) in [4.78, 5) is 14.2. The Balaban J connectivity index is 1.65. The lowest BCUT2D eigenvalue weighted by atomic mass is 9.91. The number of benzene rings is 1. The molecular formula is C19H28N2O3S. The highest BCUT2D eigenvalue weighted by Gasteiger charge is 2.46. The highest BCUT2D eigenvalue weighted by atomic mass is 32.2. The lowest BCUT2D eigenvalue weighted by molar-refractivity contribution is 0.194. The molecule has 2 fully saturated rings. The van der Waals surface area contributed by atoms with Gasteiger partial charge in [-0.1, -0.05) is 23.8 Å². The normalized spacial score (nSPS) is 27.0. The number of carbonyl (C=O) groups excluding carboxylic acids is 1. The summed E-state index contributed by atoms with van der Waals surface area (Å²) in [6.45, 7) is 8.74. The van der Waals surface area contributed by atoms with Crippen molar-refractivity contribution in [3.8, 4) is 0 Å². The van der Waals surface area contributed by atoms with E-state index in [0.717, 1.165) is 12.8 Å².